The van der Waals surface area contributed by atoms with Crippen LogP contribution in [0.1, 0.15) is 47.1 Å². The van der Waals surface area contributed by atoms with Gasteiger partial charge in [0.25, 0.3) is 11.8 Å². The molecule has 2 rings (SSSR count). The van der Waals surface area contributed by atoms with E-state index in [9.17, 15) is 14.4 Å². The molecule has 28 heavy (non-hydrogen) atoms. The summed E-state index contributed by atoms with van der Waals surface area (Å²) in [6, 6.07) is 13.9. The minimum atomic E-state index is -0.251. The van der Waals surface area contributed by atoms with Crippen LogP contribution in [0.25, 0.3) is 0 Å². The van der Waals surface area contributed by atoms with Gasteiger partial charge in [0.2, 0.25) is 0 Å². The van der Waals surface area contributed by atoms with Gasteiger partial charge in [-0.3, -0.25) is 14.4 Å². The van der Waals surface area contributed by atoms with Crippen LogP contribution in [0.15, 0.2) is 48.5 Å². The van der Waals surface area contributed by atoms with Crippen molar-refractivity contribution < 1.29 is 19.1 Å². The molecule has 0 aliphatic carbocycles. The van der Waals surface area contributed by atoms with Gasteiger partial charge in [-0.1, -0.05) is 12.1 Å². The van der Waals surface area contributed by atoms with Crippen LogP contribution in [-0.2, 0) is 11.3 Å². The molecule has 6 nitrogen and oxygen atoms in total. The average molecular weight is 382 g/mol. The van der Waals surface area contributed by atoms with Gasteiger partial charge in [-0.15, -0.1) is 0 Å². The number of amides is 2. The minimum Gasteiger partial charge on any atom is -0.484 e. The monoisotopic (exact) mass is 382 g/mol. The Morgan fingerprint density at radius 1 is 0.893 bits per heavy atom. The number of hydrogen-bond acceptors (Lipinski definition) is 4. The first kappa shape index (κ1) is 21.2. The van der Waals surface area contributed by atoms with E-state index in [2.05, 4.69) is 5.32 Å². The summed E-state index contributed by atoms with van der Waals surface area (Å²) in [6.45, 7) is 6.98. The highest BCUT2D eigenvalue weighted by Crippen LogP contribution is 2.12. The smallest absolute Gasteiger partial charge is 0.258 e. The summed E-state index contributed by atoms with van der Waals surface area (Å²) in [5.74, 6) is 0.261. The molecule has 0 heterocycles. The van der Waals surface area contributed by atoms with E-state index in [0.717, 1.165) is 5.56 Å². The first-order chi connectivity index (χ1) is 13.4. The van der Waals surface area contributed by atoms with Crippen molar-refractivity contribution in [2.24, 2.45) is 0 Å². The summed E-state index contributed by atoms with van der Waals surface area (Å²) in [6.07, 6.45) is 0. The molecule has 0 atom stereocenters. The Kier molecular flexibility index (Phi) is 7.75. The summed E-state index contributed by atoms with van der Waals surface area (Å²) in [5, 5.41) is 2.78. The van der Waals surface area contributed by atoms with Crippen LogP contribution in [0.5, 0.6) is 5.75 Å². The predicted octanol–water partition coefficient (Wildman–Crippen LogP) is 3.07. The molecule has 0 bridgehead atoms. The van der Waals surface area contributed by atoms with Crippen molar-refractivity contribution in [3.8, 4) is 5.75 Å². The lowest BCUT2D eigenvalue weighted by atomic mass is 10.1. The Balaban J connectivity index is 1.80. The highest BCUT2D eigenvalue weighted by Gasteiger charge is 2.12. The third-order valence-electron chi connectivity index (χ3n) is 4.37. The van der Waals surface area contributed by atoms with Crippen LogP contribution in [0.2, 0.25) is 0 Å². The molecule has 6 heteroatoms. The maximum Gasteiger partial charge on any atom is 0.258 e. The lowest BCUT2D eigenvalue weighted by Gasteiger charge is -2.18. The number of Topliss-reactive ketones (excluding diaryl/α,β-unsaturated/α-hetero) is 1. The Morgan fingerprint density at radius 2 is 1.46 bits per heavy atom. The molecule has 0 unspecified atom stereocenters. The Morgan fingerprint density at radius 3 is 2.00 bits per heavy atom. The number of carbonyl (C=O) groups excluding carboxylic acids is 3. The zero-order valence-corrected chi connectivity index (χ0v) is 16.5. The summed E-state index contributed by atoms with van der Waals surface area (Å²) in [7, 11) is 0. The van der Waals surface area contributed by atoms with Gasteiger partial charge in [0.1, 0.15) is 5.75 Å². The average Bonchev–Trinajstić information content (AvgIpc) is 2.72. The second-order valence-electron chi connectivity index (χ2n) is 6.32. The molecule has 2 aromatic rings. The summed E-state index contributed by atoms with van der Waals surface area (Å²) in [4.78, 5) is 37.2. The van der Waals surface area contributed by atoms with Crippen molar-refractivity contribution in [3.63, 3.8) is 0 Å². The van der Waals surface area contributed by atoms with E-state index in [4.69, 9.17) is 4.74 Å². The molecule has 0 aromatic heterocycles. The van der Waals surface area contributed by atoms with Crippen LogP contribution in [0, 0.1) is 0 Å². The molecule has 0 fully saturated rings. The lowest BCUT2D eigenvalue weighted by Crippen LogP contribution is -2.30. The van der Waals surface area contributed by atoms with Gasteiger partial charge < -0.3 is 15.0 Å². The van der Waals surface area contributed by atoms with Crippen molar-refractivity contribution in [1.29, 1.82) is 0 Å². The number of hydrogen-bond donors (Lipinski definition) is 1. The first-order valence-electron chi connectivity index (χ1n) is 9.33. The van der Waals surface area contributed by atoms with Crippen LogP contribution < -0.4 is 10.1 Å². The third-order valence-corrected chi connectivity index (χ3v) is 4.37. The number of benzene rings is 2. The molecule has 0 spiro atoms. The number of carbonyl (C=O) groups is 3. The van der Waals surface area contributed by atoms with Gasteiger partial charge in [0.15, 0.2) is 12.4 Å². The second-order valence-corrected chi connectivity index (χ2v) is 6.32. The van der Waals surface area contributed by atoms with Gasteiger partial charge in [-0.25, -0.2) is 0 Å². The van der Waals surface area contributed by atoms with E-state index in [1.807, 2.05) is 26.0 Å². The van der Waals surface area contributed by atoms with E-state index < -0.39 is 0 Å². The molecule has 0 saturated heterocycles. The molecule has 0 radical (unpaired) electrons. The molecule has 0 aliphatic rings. The van der Waals surface area contributed by atoms with Crippen LogP contribution in [0.4, 0.5) is 0 Å². The maximum atomic E-state index is 12.3. The molecule has 1 N–H and O–H groups in total. The van der Waals surface area contributed by atoms with E-state index in [0.29, 0.717) is 36.5 Å². The molecular formula is C22H26N2O4. The van der Waals surface area contributed by atoms with Gasteiger partial charge in [-0.2, -0.15) is 0 Å². The maximum absolute atomic E-state index is 12.3. The minimum absolute atomic E-state index is 0.00442. The third kappa shape index (κ3) is 5.94. The summed E-state index contributed by atoms with van der Waals surface area (Å²) in [5.41, 5.74) is 2.13. The largest absolute Gasteiger partial charge is 0.484 e. The highest BCUT2D eigenvalue weighted by molar-refractivity contribution is 5.94. The summed E-state index contributed by atoms with van der Waals surface area (Å²) >= 11 is 0. The number of rotatable bonds is 9. The standard InChI is InChI=1S/C22H26N2O4/c1-4-24(5-2)22(27)19-8-6-17(7-9-19)14-23-21(26)15-28-20-12-10-18(11-13-20)16(3)25/h6-13H,4-5,14-15H2,1-3H3,(H,23,26). The second kappa shape index (κ2) is 10.3. The number of nitrogens with one attached hydrogen (secondary N) is 1. The van der Waals surface area contributed by atoms with Crippen LogP contribution in [-0.4, -0.2) is 42.2 Å². The Labute approximate surface area is 165 Å². The summed E-state index contributed by atoms with van der Waals surface area (Å²) < 4.78 is 5.42. The SMILES string of the molecule is CCN(CC)C(=O)c1ccc(CNC(=O)COc2ccc(C(C)=O)cc2)cc1. The first-order valence-corrected chi connectivity index (χ1v) is 9.33. The van der Waals surface area contributed by atoms with E-state index in [1.165, 1.54) is 6.92 Å². The van der Waals surface area contributed by atoms with E-state index >= 15 is 0 Å². The number of nitrogens with zero attached hydrogens (tertiary/aromatic N) is 1. The van der Waals surface area contributed by atoms with Gasteiger partial charge in [-0.05, 0) is 62.7 Å². The Bertz CT molecular complexity index is 809. The van der Waals surface area contributed by atoms with Crippen molar-refractivity contribution in [2.45, 2.75) is 27.3 Å². The van der Waals surface area contributed by atoms with Crippen molar-refractivity contribution in [2.75, 3.05) is 19.7 Å². The van der Waals surface area contributed by atoms with E-state index in [-0.39, 0.29) is 24.2 Å². The number of ether oxygens (including phenoxy) is 1. The predicted molar refractivity (Wildman–Crippen MR) is 107 cm³/mol. The number of ketones is 1. The fourth-order valence-corrected chi connectivity index (χ4v) is 2.64. The molecule has 148 valence electrons. The molecule has 2 aromatic carbocycles. The highest BCUT2D eigenvalue weighted by atomic mass is 16.5. The molecule has 0 aliphatic heterocycles. The quantitative estimate of drug-likeness (QED) is 0.677. The van der Waals surface area contributed by atoms with E-state index in [1.54, 1.807) is 41.3 Å². The van der Waals surface area contributed by atoms with Crippen molar-refractivity contribution in [3.05, 3.63) is 65.2 Å². The van der Waals surface area contributed by atoms with Crippen LogP contribution in [0.3, 0.4) is 0 Å². The normalized spacial score (nSPS) is 10.2. The zero-order valence-electron chi connectivity index (χ0n) is 16.5. The van der Waals surface area contributed by atoms with Gasteiger partial charge in [0.05, 0.1) is 0 Å². The van der Waals surface area contributed by atoms with Crippen molar-refractivity contribution >= 4 is 17.6 Å². The van der Waals surface area contributed by atoms with Crippen molar-refractivity contribution in [1.82, 2.24) is 10.2 Å². The zero-order chi connectivity index (χ0) is 20.5. The lowest BCUT2D eigenvalue weighted by molar-refractivity contribution is -0.123. The molecular weight excluding hydrogens is 356 g/mol. The van der Waals surface area contributed by atoms with Gasteiger partial charge >= 0.3 is 0 Å². The Hall–Kier alpha value is -3.15. The van der Waals surface area contributed by atoms with Gasteiger partial charge in [0, 0.05) is 30.8 Å². The topological polar surface area (TPSA) is 75.7 Å². The fraction of sp³-hybridized carbons (Fsp3) is 0.318. The molecule has 2 amide bonds. The van der Waals surface area contributed by atoms with Crippen LogP contribution >= 0.6 is 0 Å². The molecule has 0 saturated carbocycles. The fourth-order valence-electron chi connectivity index (χ4n) is 2.64.